The van der Waals surface area contributed by atoms with Crippen LogP contribution in [0.4, 0.5) is 0 Å². The van der Waals surface area contributed by atoms with Gasteiger partial charge in [0.15, 0.2) is 9.84 Å². The van der Waals surface area contributed by atoms with Gasteiger partial charge in [0.25, 0.3) is 0 Å². The van der Waals surface area contributed by atoms with Crippen LogP contribution in [0.3, 0.4) is 0 Å². The van der Waals surface area contributed by atoms with Gasteiger partial charge in [0.1, 0.15) is 0 Å². The summed E-state index contributed by atoms with van der Waals surface area (Å²) < 4.78 is 23.8. The first-order valence-corrected chi connectivity index (χ1v) is 7.27. The molecule has 0 fully saturated rings. The van der Waals surface area contributed by atoms with E-state index in [-0.39, 0.29) is 22.6 Å². The van der Waals surface area contributed by atoms with E-state index in [1.807, 2.05) is 12.1 Å². The van der Waals surface area contributed by atoms with Crippen molar-refractivity contribution < 1.29 is 8.42 Å². The molecule has 0 bridgehead atoms. The number of nitrogens with zero attached hydrogens (tertiary/aromatic N) is 3. The van der Waals surface area contributed by atoms with Gasteiger partial charge < -0.3 is 0 Å². The highest BCUT2D eigenvalue weighted by molar-refractivity contribution is 7.91. The Morgan fingerprint density at radius 3 is 2.22 bits per heavy atom. The van der Waals surface area contributed by atoms with E-state index in [4.69, 9.17) is 5.53 Å². The second-order valence-electron chi connectivity index (χ2n) is 5.05. The second kappa shape index (κ2) is 5.42. The lowest BCUT2D eigenvalue weighted by atomic mass is 9.87. The molecule has 0 radical (unpaired) electrons. The minimum Gasteiger partial charge on any atom is -0.224 e. The molecule has 6 heteroatoms. The zero-order valence-corrected chi connectivity index (χ0v) is 11.6. The Morgan fingerprint density at radius 2 is 1.78 bits per heavy atom. The Bertz CT molecular complexity index is 550. The molecule has 0 N–H and O–H groups in total. The van der Waals surface area contributed by atoms with Gasteiger partial charge in [-0.15, -0.1) is 0 Å². The fourth-order valence-electron chi connectivity index (χ4n) is 1.49. The smallest absolute Gasteiger partial charge is 0.178 e. The molecular formula is C12H17N3O2S. The average Bonchev–Trinajstić information content (AvgIpc) is 2.28. The SMILES string of the molecule is CC(C)(C)c1ccc(S(=O)(=O)CCN=[N+]=[N-])cc1. The Kier molecular flexibility index (Phi) is 4.38. The lowest BCUT2D eigenvalue weighted by Crippen LogP contribution is -2.12. The summed E-state index contributed by atoms with van der Waals surface area (Å²) in [6.07, 6.45) is 0. The minimum absolute atomic E-state index is 0.00655. The Labute approximate surface area is 107 Å². The lowest BCUT2D eigenvalue weighted by Gasteiger charge is -2.19. The molecule has 0 heterocycles. The Morgan fingerprint density at radius 1 is 1.22 bits per heavy atom. The maximum absolute atomic E-state index is 11.9. The van der Waals surface area contributed by atoms with E-state index in [0.29, 0.717) is 0 Å². The van der Waals surface area contributed by atoms with Crippen molar-refractivity contribution in [2.24, 2.45) is 5.11 Å². The summed E-state index contributed by atoms with van der Waals surface area (Å²) in [5.41, 5.74) is 9.20. The molecule has 0 unspecified atom stereocenters. The molecule has 18 heavy (non-hydrogen) atoms. The van der Waals surface area contributed by atoms with Crippen LogP contribution in [0, 0.1) is 0 Å². The van der Waals surface area contributed by atoms with Crippen LogP contribution in [-0.2, 0) is 15.3 Å². The fraction of sp³-hybridized carbons (Fsp3) is 0.500. The third kappa shape index (κ3) is 3.75. The van der Waals surface area contributed by atoms with Crippen molar-refractivity contribution in [1.29, 1.82) is 0 Å². The second-order valence-corrected chi connectivity index (χ2v) is 7.16. The van der Waals surface area contributed by atoms with Crippen molar-refractivity contribution in [3.63, 3.8) is 0 Å². The van der Waals surface area contributed by atoms with E-state index in [0.717, 1.165) is 5.56 Å². The average molecular weight is 267 g/mol. The summed E-state index contributed by atoms with van der Waals surface area (Å²) in [7, 11) is -3.36. The predicted molar refractivity (Wildman–Crippen MR) is 71.2 cm³/mol. The van der Waals surface area contributed by atoms with E-state index in [1.165, 1.54) is 0 Å². The minimum atomic E-state index is -3.36. The lowest BCUT2D eigenvalue weighted by molar-refractivity contribution is 0.586. The fourth-order valence-corrected chi connectivity index (χ4v) is 2.59. The summed E-state index contributed by atoms with van der Waals surface area (Å²) in [6, 6.07) is 6.85. The summed E-state index contributed by atoms with van der Waals surface area (Å²) >= 11 is 0. The van der Waals surface area contributed by atoms with Gasteiger partial charge in [0.2, 0.25) is 0 Å². The Hall–Kier alpha value is -1.52. The highest BCUT2D eigenvalue weighted by Gasteiger charge is 2.17. The molecule has 0 atom stereocenters. The van der Waals surface area contributed by atoms with Crippen molar-refractivity contribution in [2.75, 3.05) is 12.3 Å². The van der Waals surface area contributed by atoms with E-state index in [9.17, 15) is 8.42 Å². The maximum Gasteiger partial charge on any atom is 0.178 e. The maximum atomic E-state index is 11.9. The third-order valence-corrected chi connectivity index (χ3v) is 4.31. The van der Waals surface area contributed by atoms with Crippen molar-refractivity contribution in [3.05, 3.63) is 40.3 Å². The summed E-state index contributed by atoms with van der Waals surface area (Å²) in [5.74, 6) is -0.161. The molecule has 5 nitrogen and oxygen atoms in total. The summed E-state index contributed by atoms with van der Waals surface area (Å²) in [4.78, 5) is 2.81. The normalized spacial score (nSPS) is 11.9. The highest BCUT2D eigenvalue weighted by atomic mass is 32.2. The van der Waals surface area contributed by atoms with Crippen LogP contribution in [0.2, 0.25) is 0 Å². The zero-order chi connectivity index (χ0) is 13.8. The van der Waals surface area contributed by atoms with Crippen LogP contribution in [-0.4, -0.2) is 20.7 Å². The van der Waals surface area contributed by atoms with E-state index in [2.05, 4.69) is 30.8 Å². The first kappa shape index (κ1) is 14.5. The van der Waals surface area contributed by atoms with E-state index >= 15 is 0 Å². The number of sulfone groups is 1. The molecule has 1 rings (SSSR count). The van der Waals surface area contributed by atoms with Crippen LogP contribution in [0.1, 0.15) is 26.3 Å². The largest absolute Gasteiger partial charge is 0.224 e. The number of hydrogen-bond donors (Lipinski definition) is 0. The zero-order valence-electron chi connectivity index (χ0n) is 10.8. The number of hydrogen-bond acceptors (Lipinski definition) is 3. The van der Waals surface area contributed by atoms with Gasteiger partial charge in [-0.2, -0.15) is 0 Å². The van der Waals surface area contributed by atoms with Crippen LogP contribution in [0.15, 0.2) is 34.3 Å². The van der Waals surface area contributed by atoms with Gasteiger partial charge in [0.05, 0.1) is 10.6 Å². The summed E-state index contributed by atoms with van der Waals surface area (Å²) in [6.45, 7) is 6.16. The van der Waals surface area contributed by atoms with Crippen LogP contribution < -0.4 is 0 Å². The first-order valence-electron chi connectivity index (χ1n) is 5.61. The standard InChI is InChI=1S/C12H17N3O2S/c1-12(2,3)10-4-6-11(7-5-10)18(16,17)9-8-14-15-13/h4-7H,8-9H2,1-3H3. The van der Waals surface area contributed by atoms with Crippen LogP contribution in [0.5, 0.6) is 0 Å². The highest BCUT2D eigenvalue weighted by Crippen LogP contribution is 2.23. The van der Waals surface area contributed by atoms with Gasteiger partial charge in [0, 0.05) is 11.5 Å². The Balaban J connectivity index is 2.94. The molecule has 0 amide bonds. The van der Waals surface area contributed by atoms with Gasteiger partial charge in [-0.3, -0.25) is 0 Å². The van der Waals surface area contributed by atoms with Gasteiger partial charge in [-0.25, -0.2) is 8.42 Å². The molecule has 0 saturated carbocycles. The van der Waals surface area contributed by atoms with Crippen molar-refractivity contribution in [1.82, 2.24) is 0 Å². The third-order valence-electron chi connectivity index (χ3n) is 2.60. The number of benzene rings is 1. The number of rotatable bonds is 4. The van der Waals surface area contributed by atoms with Crippen LogP contribution >= 0.6 is 0 Å². The van der Waals surface area contributed by atoms with Crippen molar-refractivity contribution in [3.8, 4) is 0 Å². The van der Waals surface area contributed by atoms with Gasteiger partial charge >= 0.3 is 0 Å². The molecule has 0 aliphatic carbocycles. The molecule has 0 aliphatic heterocycles. The molecule has 0 aromatic heterocycles. The quantitative estimate of drug-likeness (QED) is 0.477. The monoisotopic (exact) mass is 267 g/mol. The molecule has 0 saturated heterocycles. The van der Waals surface area contributed by atoms with Crippen LogP contribution in [0.25, 0.3) is 10.4 Å². The molecule has 1 aromatic carbocycles. The predicted octanol–water partition coefficient (Wildman–Crippen LogP) is 3.07. The van der Waals surface area contributed by atoms with Gasteiger partial charge in [-0.1, -0.05) is 38.0 Å². The van der Waals surface area contributed by atoms with E-state index in [1.54, 1.807) is 12.1 Å². The topological polar surface area (TPSA) is 82.9 Å². The van der Waals surface area contributed by atoms with Crippen molar-refractivity contribution in [2.45, 2.75) is 31.1 Å². The first-order chi connectivity index (χ1) is 8.27. The number of azide groups is 1. The molecule has 0 spiro atoms. The van der Waals surface area contributed by atoms with Crippen molar-refractivity contribution >= 4 is 9.84 Å². The van der Waals surface area contributed by atoms with Gasteiger partial charge in [-0.05, 0) is 28.6 Å². The molecule has 1 aromatic rings. The molecule has 98 valence electrons. The summed E-state index contributed by atoms with van der Waals surface area (Å²) in [5, 5.41) is 3.24. The van der Waals surface area contributed by atoms with E-state index < -0.39 is 9.84 Å². The molecule has 0 aliphatic rings. The molecular weight excluding hydrogens is 250 g/mol.